The number of alkyl halides is 1. The highest BCUT2D eigenvalue weighted by Gasteiger charge is 2.23. The molecule has 0 bridgehead atoms. The molecule has 0 heterocycles. The van der Waals surface area contributed by atoms with Crippen molar-refractivity contribution in [2.24, 2.45) is 0 Å². The first-order chi connectivity index (χ1) is 7.22. The first kappa shape index (κ1) is 16.1. The SMILES string of the molecule is COC(=O)C(I)CNS(=O)(=O)N(C)C(C)C. The van der Waals surface area contributed by atoms with E-state index in [1.54, 1.807) is 13.8 Å². The molecule has 96 valence electrons. The molecule has 0 aliphatic heterocycles. The molecule has 0 spiro atoms. The van der Waals surface area contributed by atoms with Crippen LogP contribution in [0.15, 0.2) is 0 Å². The van der Waals surface area contributed by atoms with Gasteiger partial charge in [0.2, 0.25) is 0 Å². The van der Waals surface area contributed by atoms with Crippen molar-refractivity contribution in [1.29, 1.82) is 0 Å². The highest BCUT2D eigenvalue weighted by Crippen LogP contribution is 2.04. The molecule has 0 aliphatic rings. The number of hydrogen-bond donors (Lipinski definition) is 1. The normalized spacial score (nSPS) is 14.2. The zero-order valence-electron chi connectivity index (χ0n) is 9.73. The number of rotatable bonds is 6. The van der Waals surface area contributed by atoms with Gasteiger partial charge < -0.3 is 4.74 Å². The monoisotopic (exact) mass is 364 g/mol. The van der Waals surface area contributed by atoms with Crippen molar-refractivity contribution in [3.63, 3.8) is 0 Å². The summed E-state index contributed by atoms with van der Waals surface area (Å²) in [7, 11) is -0.779. The van der Waals surface area contributed by atoms with Gasteiger partial charge in [0.15, 0.2) is 0 Å². The molecule has 0 aromatic heterocycles. The number of nitrogens with one attached hydrogen (secondary N) is 1. The second kappa shape index (κ2) is 6.72. The third-order valence-corrected chi connectivity index (χ3v) is 4.67. The summed E-state index contributed by atoms with van der Waals surface area (Å²) in [6.45, 7) is 3.55. The Morgan fingerprint density at radius 2 is 2.00 bits per heavy atom. The Hall–Kier alpha value is 0.0700. The maximum absolute atomic E-state index is 11.6. The number of carbonyl (C=O) groups excluding carboxylic acids is 1. The number of esters is 1. The second-order valence-electron chi connectivity index (χ2n) is 3.45. The predicted octanol–water partition coefficient (Wildman–Crippen LogP) is 0.138. The van der Waals surface area contributed by atoms with E-state index < -0.39 is 20.1 Å². The maximum Gasteiger partial charge on any atom is 0.319 e. The van der Waals surface area contributed by atoms with E-state index in [1.165, 1.54) is 18.5 Å². The summed E-state index contributed by atoms with van der Waals surface area (Å²) in [5.74, 6) is -0.449. The topological polar surface area (TPSA) is 75.7 Å². The van der Waals surface area contributed by atoms with Crippen molar-refractivity contribution in [1.82, 2.24) is 9.03 Å². The van der Waals surface area contributed by atoms with Gasteiger partial charge in [0, 0.05) is 19.6 Å². The average Bonchev–Trinajstić information content (AvgIpc) is 2.23. The third kappa shape index (κ3) is 4.93. The lowest BCUT2D eigenvalue weighted by Gasteiger charge is -2.21. The molecule has 0 saturated heterocycles. The lowest BCUT2D eigenvalue weighted by molar-refractivity contribution is -0.139. The quantitative estimate of drug-likeness (QED) is 0.413. The van der Waals surface area contributed by atoms with Crippen LogP contribution in [-0.2, 0) is 19.7 Å². The summed E-state index contributed by atoms with van der Waals surface area (Å²) in [5, 5.41) is 0. The van der Waals surface area contributed by atoms with Crippen molar-refractivity contribution in [3.8, 4) is 0 Å². The zero-order chi connectivity index (χ0) is 12.9. The summed E-state index contributed by atoms with van der Waals surface area (Å²) >= 11 is 1.83. The molecule has 0 amide bonds. The standard InChI is InChI=1S/C8H17IN2O4S/c1-6(2)11(3)16(13,14)10-5-7(9)8(12)15-4/h6-7,10H,5H2,1-4H3. The first-order valence-corrected chi connectivity index (χ1v) is 7.35. The van der Waals surface area contributed by atoms with E-state index >= 15 is 0 Å². The third-order valence-electron chi connectivity index (χ3n) is 2.01. The Morgan fingerprint density at radius 3 is 2.38 bits per heavy atom. The second-order valence-corrected chi connectivity index (χ2v) is 6.77. The molecule has 0 rings (SSSR count). The van der Waals surface area contributed by atoms with Gasteiger partial charge in [-0.15, -0.1) is 0 Å². The van der Waals surface area contributed by atoms with E-state index in [-0.39, 0.29) is 12.6 Å². The molecular weight excluding hydrogens is 347 g/mol. The lowest BCUT2D eigenvalue weighted by atomic mass is 10.4. The predicted molar refractivity (Wildman–Crippen MR) is 69.6 cm³/mol. The Morgan fingerprint density at radius 1 is 1.50 bits per heavy atom. The van der Waals surface area contributed by atoms with E-state index in [0.29, 0.717) is 0 Å². The summed E-state index contributed by atoms with van der Waals surface area (Å²) in [6, 6.07) is -0.136. The molecule has 1 unspecified atom stereocenters. The number of halogens is 1. The fourth-order valence-electron chi connectivity index (χ4n) is 0.769. The number of methoxy groups -OCH3 is 1. The number of hydrogen-bond acceptors (Lipinski definition) is 4. The van der Waals surface area contributed by atoms with E-state index in [4.69, 9.17) is 0 Å². The van der Waals surface area contributed by atoms with Crippen molar-refractivity contribution in [2.75, 3.05) is 20.7 Å². The van der Waals surface area contributed by atoms with Crippen LogP contribution in [0.3, 0.4) is 0 Å². The zero-order valence-corrected chi connectivity index (χ0v) is 12.7. The minimum atomic E-state index is -3.53. The van der Waals surface area contributed by atoms with Gasteiger partial charge in [-0.1, -0.05) is 22.6 Å². The van der Waals surface area contributed by atoms with E-state index in [2.05, 4.69) is 9.46 Å². The van der Waals surface area contributed by atoms with E-state index in [1.807, 2.05) is 22.6 Å². The van der Waals surface area contributed by atoms with Gasteiger partial charge in [-0.25, -0.2) is 4.72 Å². The summed E-state index contributed by atoms with van der Waals surface area (Å²) in [5.41, 5.74) is 0. The largest absolute Gasteiger partial charge is 0.468 e. The molecule has 6 nitrogen and oxygen atoms in total. The molecule has 0 aromatic rings. The number of nitrogens with zero attached hydrogens (tertiary/aromatic N) is 1. The minimum Gasteiger partial charge on any atom is -0.468 e. The molecule has 16 heavy (non-hydrogen) atoms. The molecule has 0 radical (unpaired) electrons. The number of carbonyl (C=O) groups is 1. The molecular formula is C8H17IN2O4S. The molecule has 0 aromatic carbocycles. The first-order valence-electron chi connectivity index (χ1n) is 4.67. The summed E-state index contributed by atoms with van der Waals surface area (Å²) in [6.07, 6.45) is 0. The molecule has 1 atom stereocenters. The van der Waals surface area contributed by atoms with Crippen molar-refractivity contribution in [2.45, 2.75) is 23.8 Å². The van der Waals surface area contributed by atoms with Crippen LogP contribution in [0.4, 0.5) is 0 Å². The van der Waals surface area contributed by atoms with Gasteiger partial charge in [0.05, 0.1) is 7.11 Å². The Labute approximate surface area is 110 Å². The van der Waals surface area contributed by atoms with Gasteiger partial charge in [-0.3, -0.25) is 4.79 Å². The highest BCUT2D eigenvalue weighted by atomic mass is 127. The smallest absolute Gasteiger partial charge is 0.319 e. The van der Waals surface area contributed by atoms with Gasteiger partial charge in [0.1, 0.15) is 3.92 Å². The van der Waals surface area contributed by atoms with Crippen LogP contribution in [-0.4, -0.2) is 49.4 Å². The molecule has 8 heteroatoms. The van der Waals surface area contributed by atoms with E-state index in [9.17, 15) is 13.2 Å². The van der Waals surface area contributed by atoms with Gasteiger partial charge in [-0.2, -0.15) is 12.7 Å². The van der Waals surface area contributed by atoms with Crippen LogP contribution in [0.25, 0.3) is 0 Å². The summed E-state index contributed by atoms with van der Waals surface area (Å²) in [4.78, 5) is 11.1. The molecule has 0 aliphatic carbocycles. The molecule has 1 N–H and O–H groups in total. The van der Waals surface area contributed by atoms with Crippen LogP contribution in [0.2, 0.25) is 0 Å². The van der Waals surface area contributed by atoms with Crippen molar-refractivity contribution >= 4 is 38.8 Å². The highest BCUT2D eigenvalue weighted by molar-refractivity contribution is 14.1. The minimum absolute atomic E-state index is 0.0205. The van der Waals surface area contributed by atoms with Crippen molar-refractivity contribution < 1.29 is 17.9 Å². The Kier molecular flexibility index (Phi) is 6.75. The van der Waals surface area contributed by atoms with Crippen LogP contribution in [0.1, 0.15) is 13.8 Å². The van der Waals surface area contributed by atoms with Crippen LogP contribution >= 0.6 is 22.6 Å². The van der Waals surface area contributed by atoms with Crippen molar-refractivity contribution in [3.05, 3.63) is 0 Å². The van der Waals surface area contributed by atoms with E-state index in [0.717, 1.165) is 0 Å². The summed E-state index contributed by atoms with van der Waals surface area (Å²) < 4.78 is 30.8. The maximum atomic E-state index is 11.6. The fraction of sp³-hybridized carbons (Fsp3) is 0.875. The Bertz CT molecular complexity index is 331. The fourth-order valence-corrected chi connectivity index (χ4v) is 2.68. The molecule has 0 saturated carbocycles. The average molecular weight is 364 g/mol. The molecule has 0 fully saturated rings. The van der Waals surface area contributed by atoms with Gasteiger partial charge in [-0.05, 0) is 13.8 Å². The number of ether oxygens (including phenoxy) is 1. The van der Waals surface area contributed by atoms with Crippen LogP contribution in [0.5, 0.6) is 0 Å². The van der Waals surface area contributed by atoms with Gasteiger partial charge >= 0.3 is 5.97 Å². The Balaban J connectivity index is 4.36. The van der Waals surface area contributed by atoms with Crippen LogP contribution in [0, 0.1) is 0 Å². The van der Waals surface area contributed by atoms with Gasteiger partial charge in [0.25, 0.3) is 10.2 Å². The lowest BCUT2D eigenvalue weighted by Crippen LogP contribution is -2.44. The van der Waals surface area contributed by atoms with Crippen LogP contribution < -0.4 is 4.72 Å².